The molecule has 2 heterocycles. The van der Waals surface area contributed by atoms with Crippen molar-refractivity contribution in [3.8, 4) is 0 Å². The summed E-state index contributed by atoms with van der Waals surface area (Å²) in [4.78, 5) is 19.1. The van der Waals surface area contributed by atoms with E-state index >= 15 is 0 Å². The molecule has 158 valence electrons. The van der Waals surface area contributed by atoms with Crippen molar-refractivity contribution in [1.29, 1.82) is 0 Å². The fourth-order valence-corrected chi connectivity index (χ4v) is 3.26. The lowest BCUT2D eigenvalue weighted by atomic mass is 10.1. The molecule has 3 aromatic rings. The van der Waals surface area contributed by atoms with Crippen LogP contribution in [0.15, 0.2) is 42.5 Å². The number of amides is 1. The third kappa shape index (κ3) is 4.15. The first-order chi connectivity index (χ1) is 14.3. The van der Waals surface area contributed by atoms with Crippen LogP contribution in [0.1, 0.15) is 5.56 Å². The highest BCUT2D eigenvalue weighted by Gasteiger charge is 2.35. The fraction of sp³-hybridized carbons (Fsp3) is 0.263. The van der Waals surface area contributed by atoms with E-state index < -0.39 is 23.7 Å². The van der Waals surface area contributed by atoms with E-state index in [1.54, 1.807) is 11.0 Å². The number of hydrogen-bond donors (Lipinski definition) is 2. The molecule has 11 heteroatoms. The van der Waals surface area contributed by atoms with E-state index in [1.165, 1.54) is 11.1 Å². The van der Waals surface area contributed by atoms with Crippen LogP contribution in [-0.4, -0.2) is 47.5 Å². The molecule has 1 aromatic heterocycles. The maximum atomic E-state index is 13.5. The number of hydroxylamine groups is 2. The normalized spacial score (nSPS) is 15.4. The topological polar surface area (TPSA) is 73.5 Å². The van der Waals surface area contributed by atoms with Crippen LogP contribution in [0, 0.1) is 5.82 Å². The Kier molecular flexibility index (Phi) is 5.20. The number of carbonyl (C=O) groups excluding carboxylic acids is 1. The lowest BCUT2D eigenvalue weighted by Gasteiger charge is -2.34. The van der Waals surface area contributed by atoms with E-state index in [-0.39, 0.29) is 18.8 Å². The highest BCUT2D eigenvalue weighted by Crippen LogP contribution is 2.34. The van der Waals surface area contributed by atoms with Crippen molar-refractivity contribution >= 4 is 28.5 Å². The molecule has 0 aliphatic carbocycles. The number of carbonyl (C=O) groups is 1. The van der Waals surface area contributed by atoms with Crippen molar-refractivity contribution in [3.05, 3.63) is 53.8 Å². The third-order valence-corrected chi connectivity index (χ3v) is 4.76. The molecule has 0 saturated carbocycles. The fourth-order valence-electron chi connectivity index (χ4n) is 3.26. The molecule has 1 aliphatic rings. The molecular formula is C19H17F4N5O2. The number of anilines is 2. The minimum absolute atomic E-state index is 0.260. The zero-order valence-corrected chi connectivity index (χ0v) is 15.5. The van der Waals surface area contributed by atoms with E-state index in [4.69, 9.17) is 4.84 Å². The number of aromatic nitrogens is 2. The first kappa shape index (κ1) is 20.0. The minimum atomic E-state index is -4.76. The van der Waals surface area contributed by atoms with Crippen LogP contribution in [0.4, 0.5) is 33.9 Å². The molecule has 2 aromatic carbocycles. The van der Waals surface area contributed by atoms with Crippen molar-refractivity contribution in [3.63, 3.8) is 0 Å². The standard InChI is InChI=1S/C19H17F4N5O2/c20-15-6-5-12(11-14(15)19(21,22)23)27-7-9-28(10-8-27)30-18(29)24-17-13-3-1-2-4-16(13)25-26-17/h1-6,11H,7-10H2,(H2,24,25,26,29). The summed E-state index contributed by atoms with van der Waals surface area (Å²) in [5.74, 6) is -0.976. The van der Waals surface area contributed by atoms with Crippen LogP contribution < -0.4 is 10.2 Å². The van der Waals surface area contributed by atoms with Gasteiger partial charge in [0.05, 0.1) is 24.2 Å². The smallest absolute Gasteiger partial charge is 0.369 e. The number of nitrogens with one attached hydrogen (secondary N) is 2. The summed E-state index contributed by atoms with van der Waals surface area (Å²) in [6.45, 7) is 1.16. The second kappa shape index (κ2) is 7.82. The maximum absolute atomic E-state index is 13.5. The Hall–Kier alpha value is -3.34. The number of piperazine rings is 1. The van der Waals surface area contributed by atoms with Crippen LogP contribution >= 0.6 is 0 Å². The molecule has 0 radical (unpaired) electrons. The molecule has 0 atom stereocenters. The average Bonchev–Trinajstić information content (AvgIpc) is 3.11. The van der Waals surface area contributed by atoms with Gasteiger partial charge in [-0.3, -0.25) is 10.4 Å². The molecule has 0 unspecified atom stereocenters. The molecule has 0 bridgehead atoms. The summed E-state index contributed by atoms with van der Waals surface area (Å²) in [7, 11) is 0. The van der Waals surface area contributed by atoms with Gasteiger partial charge in [0.2, 0.25) is 0 Å². The highest BCUT2D eigenvalue weighted by atomic mass is 19.4. The van der Waals surface area contributed by atoms with Crippen LogP contribution in [0.3, 0.4) is 0 Å². The second-order valence-electron chi connectivity index (χ2n) is 6.70. The van der Waals surface area contributed by atoms with Gasteiger partial charge >= 0.3 is 12.3 Å². The summed E-state index contributed by atoms with van der Waals surface area (Å²) >= 11 is 0. The number of para-hydroxylation sites is 1. The number of benzene rings is 2. The molecule has 30 heavy (non-hydrogen) atoms. The largest absolute Gasteiger partial charge is 0.432 e. The first-order valence-corrected chi connectivity index (χ1v) is 9.10. The van der Waals surface area contributed by atoms with E-state index in [2.05, 4.69) is 15.5 Å². The predicted octanol–water partition coefficient (Wildman–Crippen LogP) is 4.01. The predicted molar refractivity (Wildman–Crippen MR) is 101 cm³/mol. The van der Waals surface area contributed by atoms with Crippen LogP contribution in [0.25, 0.3) is 10.9 Å². The van der Waals surface area contributed by atoms with Crippen molar-refractivity contribution < 1.29 is 27.2 Å². The van der Waals surface area contributed by atoms with Crippen molar-refractivity contribution in [1.82, 2.24) is 15.3 Å². The Bertz CT molecular complexity index is 1060. The summed E-state index contributed by atoms with van der Waals surface area (Å²) in [6.07, 6.45) is -5.48. The minimum Gasteiger partial charge on any atom is -0.369 e. The number of rotatable bonds is 3. The Balaban J connectivity index is 1.34. The Morgan fingerprint density at radius 2 is 1.83 bits per heavy atom. The number of H-pyrrole nitrogens is 1. The van der Waals surface area contributed by atoms with Crippen LogP contribution in [0.2, 0.25) is 0 Å². The SMILES string of the molecule is O=C(Nc1n[nH]c2ccccc12)ON1CCN(c2ccc(F)c(C(F)(F)F)c2)CC1. The lowest BCUT2D eigenvalue weighted by molar-refractivity contribution is -0.140. The molecule has 1 saturated heterocycles. The maximum Gasteiger partial charge on any atom is 0.432 e. The molecule has 1 fully saturated rings. The van der Waals surface area contributed by atoms with Crippen LogP contribution in [-0.2, 0) is 11.0 Å². The average molecular weight is 423 g/mol. The quantitative estimate of drug-likeness (QED) is 0.623. The van der Waals surface area contributed by atoms with Gasteiger partial charge < -0.3 is 9.74 Å². The van der Waals surface area contributed by atoms with E-state index in [0.29, 0.717) is 18.9 Å². The molecule has 1 amide bonds. The summed E-state index contributed by atoms with van der Waals surface area (Å²) < 4.78 is 52.2. The monoisotopic (exact) mass is 423 g/mol. The summed E-state index contributed by atoms with van der Waals surface area (Å²) in [5, 5.41) is 11.5. The highest BCUT2D eigenvalue weighted by molar-refractivity contribution is 5.96. The van der Waals surface area contributed by atoms with Crippen molar-refractivity contribution in [2.75, 3.05) is 36.4 Å². The number of fused-ring (bicyclic) bond motifs is 1. The van der Waals surface area contributed by atoms with Gasteiger partial charge in [-0.2, -0.15) is 18.3 Å². The summed E-state index contributed by atoms with van der Waals surface area (Å²) in [6, 6.07) is 10.2. The first-order valence-electron chi connectivity index (χ1n) is 9.10. The van der Waals surface area contributed by atoms with Gasteiger partial charge in [0.1, 0.15) is 5.82 Å². The number of halogens is 4. The van der Waals surface area contributed by atoms with Gasteiger partial charge in [0, 0.05) is 24.2 Å². The van der Waals surface area contributed by atoms with Gasteiger partial charge in [0.25, 0.3) is 0 Å². The van der Waals surface area contributed by atoms with E-state index in [1.807, 2.05) is 18.2 Å². The second-order valence-corrected chi connectivity index (χ2v) is 6.70. The molecule has 7 nitrogen and oxygen atoms in total. The Morgan fingerprint density at radius 3 is 2.57 bits per heavy atom. The summed E-state index contributed by atoms with van der Waals surface area (Å²) in [5.41, 5.74) is -0.279. The molecule has 4 rings (SSSR count). The zero-order chi connectivity index (χ0) is 21.3. The molecule has 0 spiro atoms. The van der Waals surface area contributed by atoms with Gasteiger partial charge in [0.15, 0.2) is 5.82 Å². The molecular weight excluding hydrogens is 406 g/mol. The Morgan fingerprint density at radius 1 is 1.10 bits per heavy atom. The lowest BCUT2D eigenvalue weighted by Crippen LogP contribution is -2.47. The molecule has 1 aliphatic heterocycles. The number of hydrogen-bond acceptors (Lipinski definition) is 5. The van der Waals surface area contributed by atoms with E-state index in [0.717, 1.165) is 23.0 Å². The number of nitrogens with zero attached hydrogens (tertiary/aromatic N) is 3. The van der Waals surface area contributed by atoms with Crippen LogP contribution in [0.5, 0.6) is 0 Å². The zero-order valence-electron chi connectivity index (χ0n) is 15.5. The third-order valence-electron chi connectivity index (χ3n) is 4.76. The van der Waals surface area contributed by atoms with E-state index in [9.17, 15) is 22.4 Å². The molecule has 2 N–H and O–H groups in total. The van der Waals surface area contributed by atoms with Gasteiger partial charge in [-0.15, -0.1) is 5.06 Å². The van der Waals surface area contributed by atoms with Crippen molar-refractivity contribution in [2.24, 2.45) is 0 Å². The number of alkyl halides is 3. The van der Waals surface area contributed by atoms with Gasteiger partial charge in [-0.1, -0.05) is 12.1 Å². The number of aromatic amines is 1. The van der Waals surface area contributed by atoms with Gasteiger partial charge in [-0.05, 0) is 30.3 Å². The Labute approximate surface area is 168 Å². The van der Waals surface area contributed by atoms with Gasteiger partial charge in [-0.25, -0.2) is 9.18 Å². The van der Waals surface area contributed by atoms with Crippen molar-refractivity contribution in [2.45, 2.75) is 6.18 Å².